The number of fused-ring (bicyclic) bond motifs is 1. The molecule has 0 spiro atoms. The third-order valence-corrected chi connectivity index (χ3v) is 3.57. The van der Waals surface area contributed by atoms with Crippen molar-refractivity contribution in [2.75, 3.05) is 13.2 Å². The first kappa shape index (κ1) is 13.9. The Kier molecular flexibility index (Phi) is 4.06. The van der Waals surface area contributed by atoms with E-state index in [-0.39, 0.29) is 11.9 Å². The van der Waals surface area contributed by atoms with Gasteiger partial charge in [-0.15, -0.1) is 0 Å². The molecule has 1 aliphatic heterocycles. The highest BCUT2D eigenvalue weighted by Crippen LogP contribution is 2.32. The summed E-state index contributed by atoms with van der Waals surface area (Å²) in [5.74, 6) is 1.28. The Bertz CT molecular complexity index is 613. The van der Waals surface area contributed by atoms with E-state index in [9.17, 15) is 4.39 Å². The molecule has 21 heavy (non-hydrogen) atoms. The van der Waals surface area contributed by atoms with Crippen LogP contribution in [-0.2, 0) is 6.42 Å². The SMILES string of the molecule is NC(Cc1ccc(F)cc1)c1ccc2c(c1)OCCCO2. The quantitative estimate of drug-likeness (QED) is 0.942. The fourth-order valence-electron chi connectivity index (χ4n) is 2.40. The lowest BCUT2D eigenvalue weighted by Crippen LogP contribution is -2.13. The highest BCUT2D eigenvalue weighted by atomic mass is 19.1. The van der Waals surface area contributed by atoms with Gasteiger partial charge in [0.2, 0.25) is 0 Å². The molecule has 2 N–H and O–H groups in total. The molecule has 3 rings (SSSR count). The molecule has 0 aromatic heterocycles. The monoisotopic (exact) mass is 287 g/mol. The van der Waals surface area contributed by atoms with Crippen LogP contribution in [0.2, 0.25) is 0 Å². The molecule has 0 saturated carbocycles. The van der Waals surface area contributed by atoms with Crippen LogP contribution in [0, 0.1) is 5.82 Å². The first-order chi connectivity index (χ1) is 10.2. The maximum absolute atomic E-state index is 12.9. The topological polar surface area (TPSA) is 44.5 Å². The summed E-state index contributed by atoms with van der Waals surface area (Å²) in [6.07, 6.45) is 1.53. The van der Waals surface area contributed by atoms with Crippen LogP contribution < -0.4 is 15.2 Å². The zero-order valence-corrected chi connectivity index (χ0v) is 11.7. The number of hydrogen-bond acceptors (Lipinski definition) is 3. The minimum atomic E-state index is -0.233. The summed E-state index contributed by atoms with van der Waals surface area (Å²) >= 11 is 0. The number of hydrogen-bond donors (Lipinski definition) is 1. The molecule has 0 bridgehead atoms. The Balaban J connectivity index is 1.76. The van der Waals surface area contributed by atoms with Crippen molar-refractivity contribution >= 4 is 0 Å². The van der Waals surface area contributed by atoms with E-state index in [2.05, 4.69) is 0 Å². The standard InChI is InChI=1S/C17H18FNO2/c18-14-5-2-12(3-6-14)10-15(19)13-4-7-16-17(11-13)21-9-1-8-20-16/h2-7,11,15H,1,8-10,19H2. The van der Waals surface area contributed by atoms with Crippen LogP contribution in [0.25, 0.3) is 0 Å². The first-order valence-corrected chi connectivity index (χ1v) is 7.12. The van der Waals surface area contributed by atoms with E-state index in [0.717, 1.165) is 29.0 Å². The number of ether oxygens (including phenoxy) is 2. The summed E-state index contributed by atoms with van der Waals surface area (Å²) in [6, 6.07) is 12.1. The summed E-state index contributed by atoms with van der Waals surface area (Å²) in [5.41, 5.74) is 8.25. The first-order valence-electron chi connectivity index (χ1n) is 7.12. The molecule has 0 radical (unpaired) electrons. The van der Waals surface area contributed by atoms with Crippen LogP contribution in [0.1, 0.15) is 23.6 Å². The predicted molar refractivity (Wildman–Crippen MR) is 79.1 cm³/mol. The van der Waals surface area contributed by atoms with Gasteiger partial charge in [-0.1, -0.05) is 18.2 Å². The van der Waals surface area contributed by atoms with Crippen LogP contribution in [0.3, 0.4) is 0 Å². The molecule has 2 aromatic rings. The summed E-state index contributed by atoms with van der Waals surface area (Å²) in [7, 11) is 0. The third kappa shape index (κ3) is 3.34. The van der Waals surface area contributed by atoms with Crippen LogP contribution in [0.4, 0.5) is 4.39 Å². The summed E-state index contributed by atoms with van der Waals surface area (Å²) in [5, 5.41) is 0. The minimum absolute atomic E-state index is 0.160. The Morgan fingerprint density at radius 3 is 2.48 bits per heavy atom. The predicted octanol–water partition coefficient (Wildman–Crippen LogP) is 3.23. The van der Waals surface area contributed by atoms with E-state index < -0.39 is 0 Å². The van der Waals surface area contributed by atoms with E-state index in [0.29, 0.717) is 19.6 Å². The molecular formula is C17H18FNO2. The van der Waals surface area contributed by atoms with Crippen molar-refractivity contribution < 1.29 is 13.9 Å². The Morgan fingerprint density at radius 2 is 1.71 bits per heavy atom. The molecule has 1 unspecified atom stereocenters. The van der Waals surface area contributed by atoms with Gasteiger partial charge in [-0.25, -0.2) is 4.39 Å². The van der Waals surface area contributed by atoms with Gasteiger partial charge in [-0.3, -0.25) is 0 Å². The maximum atomic E-state index is 12.9. The number of rotatable bonds is 3. The van der Waals surface area contributed by atoms with E-state index >= 15 is 0 Å². The fourth-order valence-corrected chi connectivity index (χ4v) is 2.40. The molecule has 1 atom stereocenters. The molecule has 0 aliphatic carbocycles. The Labute approximate surface area is 123 Å². The van der Waals surface area contributed by atoms with Crippen molar-refractivity contribution in [3.05, 3.63) is 59.4 Å². The molecule has 4 heteroatoms. The molecule has 0 fully saturated rings. The molecule has 2 aromatic carbocycles. The van der Waals surface area contributed by atoms with E-state index in [1.807, 2.05) is 18.2 Å². The van der Waals surface area contributed by atoms with Crippen LogP contribution in [-0.4, -0.2) is 13.2 Å². The fraction of sp³-hybridized carbons (Fsp3) is 0.294. The highest BCUT2D eigenvalue weighted by molar-refractivity contribution is 5.44. The van der Waals surface area contributed by atoms with Crippen molar-refractivity contribution in [2.24, 2.45) is 5.73 Å². The van der Waals surface area contributed by atoms with Crippen LogP contribution >= 0.6 is 0 Å². The number of halogens is 1. The second kappa shape index (κ2) is 6.14. The molecule has 3 nitrogen and oxygen atoms in total. The van der Waals surface area contributed by atoms with Gasteiger partial charge in [-0.05, 0) is 41.8 Å². The van der Waals surface area contributed by atoms with Crippen LogP contribution in [0.15, 0.2) is 42.5 Å². The lowest BCUT2D eigenvalue weighted by atomic mass is 9.99. The largest absolute Gasteiger partial charge is 0.490 e. The van der Waals surface area contributed by atoms with Gasteiger partial charge in [0, 0.05) is 12.5 Å². The smallest absolute Gasteiger partial charge is 0.161 e. The van der Waals surface area contributed by atoms with Crippen molar-refractivity contribution in [1.82, 2.24) is 0 Å². The van der Waals surface area contributed by atoms with Crippen LogP contribution in [0.5, 0.6) is 11.5 Å². The second-order valence-electron chi connectivity index (χ2n) is 5.19. The molecule has 0 amide bonds. The zero-order chi connectivity index (χ0) is 14.7. The van der Waals surface area contributed by atoms with E-state index in [4.69, 9.17) is 15.2 Å². The lowest BCUT2D eigenvalue weighted by Gasteiger charge is -2.15. The lowest BCUT2D eigenvalue weighted by molar-refractivity contribution is 0.297. The van der Waals surface area contributed by atoms with Gasteiger partial charge in [0.25, 0.3) is 0 Å². The van der Waals surface area contributed by atoms with Gasteiger partial charge >= 0.3 is 0 Å². The van der Waals surface area contributed by atoms with Gasteiger partial charge in [0.05, 0.1) is 13.2 Å². The molecule has 1 aliphatic rings. The Morgan fingerprint density at radius 1 is 1.00 bits per heavy atom. The van der Waals surface area contributed by atoms with Crippen molar-refractivity contribution in [3.63, 3.8) is 0 Å². The number of benzene rings is 2. The summed E-state index contributed by atoms with van der Waals surface area (Å²) in [6.45, 7) is 1.33. The number of nitrogens with two attached hydrogens (primary N) is 1. The van der Waals surface area contributed by atoms with E-state index in [1.165, 1.54) is 12.1 Å². The molecule has 110 valence electrons. The zero-order valence-electron chi connectivity index (χ0n) is 11.7. The van der Waals surface area contributed by atoms with E-state index in [1.54, 1.807) is 12.1 Å². The molecular weight excluding hydrogens is 269 g/mol. The summed E-state index contributed by atoms with van der Waals surface area (Å²) < 4.78 is 24.2. The van der Waals surface area contributed by atoms with Crippen molar-refractivity contribution in [3.8, 4) is 11.5 Å². The van der Waals surface area contributed by atoms with Crippen molar-refractivity contribution in [1.29, 1.82) is 0 Å². The minimum Gasteiger partial charge on any atom is -0.490 e. The van der Waals surface area contributed by atoms with Gasteiger partial charge < -0.3 is 15.2 Å². The third-order valence-electron chi connectivity index (χ3n) is 3.57. The Hall–Kier alpha value is -2.07. The van der Waals surface area contributed by atoms with Crippen molar-refractivity contribution in [2.45, 2.75) is 18.9 Å². The highest BCUT2D eigenvalue weighted by Gasteiger charge is 2.14. The normalized spacial score (nSPS) is 15.3. The van der Waals surface area contributed by atoms with Gasteiger partial charge in [0.1, 0.15) is 5.82 Å². The molecule has 1 heterocycles. The molecule has 0 saturated heterocycles. The average Bonchev–Trinajstić information content (AvgIpc) is 2.74. The average molecular weight is 287 g/mol. The summed E-state index contributed by atoms with van der Waals surface area (Å²) in [4.78, 5) is 0. The maximum Gasteiger partial charge on any atom is 0.161 e. The van der Waals surface area contributed by atoms with Gasteiger partial charge in [-0.2, -0.15) is 0 Å². The van der Waals surface area contributed by atoms with Gasteiger partial charge in [0.15, 0.2) is 11.5 Å². The second-order valence-corrected chi connectivity index (χ2v) is 5.19.